The van der Waals surface area contributed by atoms with Gasteiger partial charge in [0.05, 0.1) is 20.3 Å². The van der Waals surface area contributed by atoms with Crippen molar-refractivity contribution in [3.05, 3.63) is 52.5 Å². The van der Waals surface area contributed by atoms with Crippen LogP contribution >= 0.6 is 11.8 Å². The number of amides is 2. The van der Waals surface area contributed by atoms with Crippen molar-refractivity contribution in [2.75, 3.05) is 34.4 Å². The number of nitrogens with zero attached hydrogens (tertiary/aromatic N) is 1. The Morgan fingerprint density at radius 1 is 1.24 bits per heavy atom. The molecule has 8 heteroatoms. The number of thioether (sulfide) groups is 1. The van der Waals surface area contributed by atoms with Crippen molar-refractivity contribution >= 4 is 35.4 Å². The molecule has 1 N–H and O–H groups in total. The van der Waals surface area contributed by atoms with Crippen LogP contribution in [-0.4, -0.2) is 67.9 Å². The molecule has 1 atom stereocenters. The number of carbonyl (C=O) groups excluding carboxylic acids is 2. The summed E-state index contributed by atoms with van der Waals surface area (Å²) in [6.07, 6.45) is 8.35. The number of hydrogen-bond acceptors (Lipinski definition) is 6. The van der Waals surface area contributed by atoms with Crippen molar-refractivity contribution < 1.29 is 28.4 Å². The van der Waals surface area contributed by atoms with Gasteiger partial charge >= 0.3 is 5.91 Å². The number of rotatable bonds is 9. The molecule has 1 unspecified atom stereocenters. The molecule has 0 fully saturated rings. The number of carbonyl (C=O) groups is 2. The van der Waals surface area contributed by atoms with Gasteiger partial charge in [-0.1, -0.05) is 30.0 Å². The normalized spacial score (nSPS) is 19.0. The first-order valence-electron chi connectivity index (χ1n) is 10.9. The van der Waals surface area contributed by atoms with Gasteiger partial charge < -0.3 is 19.5 Å². The predicted molar refractivity (Wildman–Crippen MR) is 131 cm³/mol. The fraction of sp³-hybridized carbons (Fsp3) is 0.400. The summed E-state index contributed by atoms with van der Waals surface area (Å²) in [6, 6.07) is 5.53. The van der Waals surface area contributed by atoms with Crippen LogP contribution in [0.2, 0.25) is 0 Å². The van der Waals surface area contributed by atoms with Gasteiger partial charge in [-0.15, -0.1) is 0 Å². The summed E-state index contributed by atoms with van der Waals surface area (Å²) in [5, 5.41) is 2.87. The lowest BCUT2D eigenvalue weighted by molar-refractivity contribution is -0.413. The topological polar surface area (TPSA) is 76.9 Å². The monoisotopic (exact) mass is 471 g/mol. The van der Waals surface area contributed by atoms with Crippen LogP contribution in [-0.2, 0) is 14.3 Å². The van der Waals surface area contributed by atoms with Crippen LogP contribution in [0.5, 0.6) is 11.5 Å². The smallest absolute Gasteiger partial charge is 0.425 e. The van der Waals surface area contributed by atoms with Crippen molar-refractivity contribution in [1.29, 1.82) is 0 Å². The molecule has 2 amide bonds. The molecular formula is C25H31N2O5S+. The van der Waals surface area contributed by atoms with Crippen molar-refractivity contribution in [2.24, 2.45) is 0 Å². The van der Waals surface area contributed by atoms with Crippen LogP contribution in [0.15, 0.2) is 46.9 Å². The zero-order chi connectivity index (χ0) is 24.0. The Labute approximate surface area is 199 Å². The molecule has 0 spiro atoms. The van der Waals surface area contributed by atoms with Gasteiger partial charge in [0.2, 0.25) is 5.71 Å². The molecule has 1 heterocycles. The van der Waals surface area contributed by atoms with Crippen molar-refractivity contribution in [3.8, 4) is 11.5 Å². The molecular weight excluding hydrogens is 440 g/mol. The maximum Gasteiger partial charge on any atom is 0.425 e. The van der Waals surface area contributed by atoms with Gasteiger partial charge in [-0.2, -0.15) is 4.58 Å². The molecule has 1 aliphatic heterocycles. The van der Waals surface area contributed by atoms with E-state index in [1.807, 2.05) is 50.3 Å². The summed E-state index contributed by atoms with van der Waals surface area (Å²) in [6.45, 7) is 5.11. The molecule has 3 rings (SSSR count). The number of ether oxygens (including phenoxy) is 3. The predicted octanol–water partition coefficient (Wildman–Crippen LogP) is 3.20. The molecule has 176 valence electrons. The number of methoxy groups -OCH3 is 2. The van der Waals surface area contributed by atoms with Crippen molar-refractivity contribution in [3.63, 3.8) is 0 Å². The Balaban J connectivity index is 1.73. The third-order valence-corrected chi connectivity index (χ3v) is 6.43. The molecule has 0 saturated carbocycles. The summed E-state index contributed by atoms with van der Waals surface area (Å²) < 4.78 is 17.7. The molecule has 33 heavy (non-hydrogen) atoms. The van der Waals surface area contributed by atoms with E-state index in [4.69, 9.17) is 14.2 Å². The highest BCUT2D eigenvalue weighted by Gasteiger charge is 2.38. The average Bonchev–Trinajstić information content (AvgIpc) is 2.81. The Morgan fingerprint density at radius 2 is 2.00 bits per heavy atom. The van der Waals surface area contributed by atoms with E-state index in [1.54, 1.807) is 31.9 Å². The van der Waals surface area contributed by atoms with E-state index in [1.165, 1.54) is 11.8 Å². The Hall–Kier alpha value is -2.84. The minimum atomic E-state index is -0.153. The number of allylic oxidation sites excluding steroid dienone is 1. The molecule has 1 aromatic carbocycles. The summed E-state index contributed by atoms with van der Waals surface area (Å²) in [5.41, 5.74) is 2.18. The summed E-state index contributed by atoms with van der Waals surface area (Å²) >= 11 is 1.47. The minimum Gasteiger partial charge on any atom is -0.493 e. The van der Waals surface area contributed by atoms with Crippen LogP contribution in [0.1, 0.15) is 25.8 Å². The number of likely N-dealkylation sites (N-methyl/N-ethyl adjacent to an activating group) is 1. The largest absolute Gasteiger partial charge is 0.493 e. The average molecular weight is 472 g/mol. The zero-order valence-corrected chi connectivity index (χ0v) is 20.5. The number of fused-ring (bicyclic) bond motifs is 1. The van der Waals surface area contributed by atoms with Crippen molar-refractivity contribution in [1.82, 2.24) is 5.32 Å². The second kappa shape index (κ2) is 11.3. The Kier molecular flexibility index (Phi) is 8.52. The van der Waals surface area contributed by atoms with Crippen molar-refractivity contribution in [2.45, 2.75) is 31.6 Å². The van der Waals surface area contributed by atoms with Crippen LogP contribution in [0.4, 0.5) is 0 Å². The maximum absolute atomic E-state index is 13.0. The van der Waals surface area contributed by atoms with E-state index in [0.717, 1.165) is 17.7 Å². The van der Waals surface area contributed by atoms with Crippen LogP contribution < -0.4 is 14.8 Å². The van der Waals surface area contributed by atoms with Gasteiger partial charge in [0, 0.05) is 24.8 Å². The molecule has 1 aliphatic carbocycles. The van der Waals surface area contributed by atoms with E-state index < -0.39 is 0 Å². The van der Waals surface area contributed by atoms with Gasteiger partial charge in [0.25, 0.3) is 5.91 Å². The van der Waals surface area contributed by atoms with E-state index >= 15 is 0 Å². The van der Waals surface area contributed by atoms with Gasteiger partial charge in [-0.3, -0.25) is 4.79 Å². The van der Waals surface area contributed by atoms with Gasteiger partial charge in [-0.05, 0) is 44.0 Å². The van der Waals surface area contributed by atoms with E-state index in [-0.39, 0.29) is 23.2 Å². The highest BCUT2D eigenvalue weighted by Crippen LogP contribution is 2.35. The first kappa shape index (κ1) is 24.8. The third kappa shape index (κ3) is 6.15. The lowest BCUT2D eigenvalue weighted by Crippen LogP contribution is -2.37. The van der Waals surface area contributed by atoms with Gasteiger partial charge in [0.1, 0.15) is 17.2 Å². The molecule has 0 radical (unpaired) electrons. The lowest BCUT2D eigenvalue weighted by atomic mass is 10.0. The standard InChI is InChI=1S/C25H30N2O5S/c1-16(2)32-12-6-11-26-24(28)18-8-10-22-19(15-18)27(3)25(29)23(33-22)14-17-7-9-20(30-4)21(13-17)31-5/h7-10,13-16,22H,6,11-12H2,1-5H3/p+1/b23-14-. The number of hydrogen-bond donors (Lipinski definition) is 1. The Bertz CT molecular complexity index is 1040. The third-order valence-electron chi connectivity index (χ3n) is 5.23. The highest BCUT2D eigenvalue weighted by atomic mass is 32.2. The van der Waals surface area contributed by atoms with E-state index in [2.05, 4.69) is 5.32 Å². The van der Waals surface area contributed by atoms with E-state index in [9.17, 15) is 9.59 Å². The summed E-state index contributed by atoms with van der Waals surface area (Å²) in [5.74, 6) is 0.971. The Morgan fingerprint density at radius 3 is 2.70 bits per heavy atom. The first-order valence-corrected chi connectivity index (χ1v) is 11.8. The lowest BCUT2D eigenvalue weighted by Gasteiger charge is -2.21. The maximum atomic E-state index is 13.0. The minimum absolute atomic E-state index is 0.0462. The quantitative estimate of drug-likeness (QED) is 0.339. The summed E-state index contributed by atoms with van der Waals surface area (Å²) in [4.78, 5) is 26.2. The van der Waals surface area contributed by atoms with Crippen LogP contribution in [0, 0.1) is 0 Å². The summed E-state index contributed by atoms with van der Waals surface area (Å²) in [7, 11) is 4.90. The van der Waals surface area contributed by atoms with Crippen LogP contribution in [0.25, 0.3) is 6.08 Å². The molecule has 7 nitrogen and oxygen atoms in total. The second-order valence-electron chi connectivity index (χ2n) is 7.94. The zero-order valence-electron chi connectivity index (χ0n) is 19.7. The SMILES string of the molecule is COc1ccc(/C=C2\SC3C=CC(C(=O)NCCCOC(C)C)=CC3=[N+](C)C2=O)cc1OC. The molecule has 0 saturated heterocycles. The number of benzene rings is 1. The number of nitrogens with one attached hydrogen (secondary N) is 1. The second-order valence-corrected chi connectivity index (χ2v) is 9.12. The molecule has 0 aromatic heterocycles. The first-order chi connectivity index (χ1) is 15.8. The van der Waals surface area contributed by atoms with E-state index in [0.29, 0.717) is 35.1 Å². The fourth-order valence-electron chi connectivity index (χ4n) is 3.46. The van der Waals surface area contributed by atoms with Gasteiger partial charge in [-0.25, -0.2) is 4.79 Å². The molecule has 2 aliphatic rings. The highest BCUT2D eigenvalue weighted by molar-refractivity contribution is 8.05. The van der Waals surface area contributed by atoms with Crippen LogP contribution in [0.3, 0.4) is 0 Å². The molecule has 1 aromatic rings. The fourth-order valence-corrected chi connectivity index (χ4v) is 4.68. The van der Waals surface area contributed by atoms with Gasteiger partial charge in [0.15, 0.2) is 11.5 Å². The molecule has 0 bridgehead atoms.